The normalized spacial score (nSPS) is 14.0. The number of pyridine rings is 1. The minimum atomic E-state index is 0.0481. The molecule has 4 aromatic rings. The molecule has 7 nitrogen and oxygen atoms in total. The maximum absolute atomic E-state index is 12.4. The van der Waals surface area contributed by atoms with Crippen LogP contribution >= 0.6 is 0 Å². The lowest BCUT2D eigenvalue weighted by atomic mass is 10.1. The van der Waals surface area contributed by atoms with Crippen LogP contribution < -0.4 is 9.47 Å². The van der Waals surface area contributed by atoms with Crippen LogP contribution in [0.5, 0.6) is 23.1 Å². The van der Waals surface area contributed by atoms with E-state index in [4.69, 9.17) is 9.47 Å². The summed E-state index contributed by atoms with van der Waals surface area (Å²) in [6.07, 6.45) is 7.35. The van der Waals surface area contributed by atoms with Crippen molar-refractivity contribution in [2.24, 2.45) is 0 Å². The third-order valence-corrected chi connectivity index (χ3v) is 5.91. The van der Waals surface area contributed by atoms with Gasteiger partial charge in [-0.2, -0.15) is 0 Å². The number of nitrogens with zero attached hydrogens (tertiary/aromatic N) is 4. The first-order chi connectivity index (χ1) is 17.1. The standard InChI is InChI=1S/C28H28N4O3/c1-30(2)17-6-9-26(33)31-19-22(20-31)32-18-15-21-14-16-29-28(27(21)32)35-25-12-10-24(11-13-25)34-23-7-4-3-5-8-23/h3-16,18,22H,17,19-20H2,1-2H3. The van der Waals surface area contributed by atoms with E-state index in [1.165, 1.54) is 0 Å². The SMILES string of the molecule is CN(C)CC=CC(=O)N1CC(n2ccc3ccnc(Oc4ccc(Oc5ccccc5)cc4)c32)C1. The van der Waals surface area contributed by atoms with Crippen molar-refractivity contribution < 1.29 is 14.3 Å². The van der Waals surface area contributed by atoms with Crippen molar-refractivity contribution in [3.8, 4) is 23.1 Å². The first kappa shape index (κ1) is 22.7. The molecule has 3 heterocycles. The number of hydrogen-bond acceptors (Lipinski definition) is 5. The van der Waals surface area contributed by atoms with Crippen molar-refractivity contribution in [3.05, 3.63) is 91.3 Å². The van der Waals surface area contributed by atoms with Crippen molar-refractivity contribution in [1.29, 1.82) is 0 Å². The van der Waals surface area contributed by atoms with E-state index in [-0.39, 0.29) is 11.9 Å². The zero-order valence-electron chi connectivity index (χ0n) is 19.9. The second kappa shape index (κ2) is 10.0. The minimum Gasteiger partial charge on any atom is -0.457 e. The highest BCUT2D eigenvalue weighted by Gasteiger charge is 2.32. The van der Waals surface area contributed by atoms with E-state index in [0.717, 1.165) is 28.9 Å². The molecule has 2 aromatic heterocycles. The van der Waals surface area contributed by atoms with Crippen LogP contribution in [0, 0.1) is 0 Å². The smallest absolute Gasteiger partial charge is 0.246 e. The number of benzene rings is 2. The summed E-state index contributed by atoms with van der Waals surface area (Å²) in [5.41, 5.74) is 0.928. The highest BCUT2D eigenvalue weighted by molar-refractivity contribution is 5.89. The van der Waals surface area contributed by atoms with Gasteiger partial charge in [-0.25, -0.2) is 4.98 Å². The van der Waals surface area contributed by atoms with E-state index >= 15 is 0 Å². The van der Waals surface area contributed by atoms with Gasteiger partial charge >= 0.3 is 0 Å². The van der Waals surface area contributed by atoms with Gasteiger partial charge in [-0.3, -0.25) is 4.79 Å². The molecule has 0 spiro atoms. The Hall–Kier alpha value is -4.10. The first-order valence-electron chi connectivity index (χ1n) is 11.6. The fourth-order valence-corrected chi connectivity index (χ4v) is 4.05. The van der Waals surface area contributed by atoms with Gasteiger partial charge in [0.15, 0.2) is 0 Å². The number of carbonyl (C=O) groups excluding carboxylic acids is 1. The van der Waals surface area contributed by atoms with Crippen molar-refractivity contribution in [3.63, 3.8) is 0 Å². The van der Waals surface area contributed by atoms with Crippen LogP contribution in [0.4, 0.5) is 0 Å². The van der Waals surface area contributed by atoms with Crippen LogP contribution in [-0.4, -0.2) is 59.0 Å². The molecule has 1 saturated heterocycles. The summed E-state index contributed by atoms with van der Waals surface area (Å²) in [5.74, 6) is 2.78. The van der Waals surface area contributed by atoms with Crippen LogP contribution in [-0.2, 0) is 4.79 Å². The van der Waals surface area contributed by atoms with Crippen LogP contribution in [0.15, 0.2) is 91.3 Å². The van der Waals surface area contributed by atoms with Crippen molar-refractivity contribution in [2.75, 3.05) is 33.7 Å². The Bertz CT molecular complexity index is 1320. The minimum absolute atomic E-state index is 0.0481. The van der Waals surface area contributed by atoms with Gasteiger partial charge in [0.1, 0.15) is 22.8 Å². The number of carbonyl (C=O) groups is 1. The molecule has 5 rings (SSSR count). The van der Waals surface area contributed by atoms with Crippen LogP contribution in [0.1, 0.15) is 6.04 Å². The third-order valence-electron chi connectivity index (χ3n) is 5.91. The largest absolute Gasteiger partial charge is 0.457 e. The molecule has 0 unspecified atom stereocenters. The van der Waals surface area contributed by atoms with Crippen molar-refractivity contribution in [1.82, 2.24) is 19.4 Å². The molecule has 1 fully saturated rings. The molecule has 1 aliphatic heterocycles. The summed E-state index contributed by atoms with van der Waals surface area (Å²) in [7, 11) is 3.96. The lowest BCUT2D eigenvalue weighted by molar-refractivity contribution is -0.131. The number of likely N-dealkylation sites (tertiary alicyclic amines) is 1. The van der Waals surface area contributed by atoms with Crippen molar-refractivity contribution >= 4 is 16.8 Å². The molecule has 178 valence electrons. The van der Waals surface area contributed by atoms with Gasteiger partial charge in [0.25, 0.3) is 0 Å². The Morgan fingerprint density at radius 3 is 2.37 bits per heavy atom. The molecule has 7 heteroatoms. The zero-order valence-corrected chi connectivity index (χ0v) is 19.9. The Balaban J connectivity index is 1.28. The van der Waals surface area contributed by atoms with E-state index in [0.29, 0.717) is 24.7 Å². The number of aromatic nitrogens is 2. The molecular formula is C28H28N4O3. The molecule has 0 saturated carbocycles. The number of rotatable bonds is 8. The lowest BCUT2D eigenvalue weighted by Gasteiger charge is -2.40. The zero-order chi connectivity index (χ0) is 24.2. The van der Waals surface area contributed by atoms with Gasteiger partial charge in [0.2, 0.25) is 11.8 Å². The van der Waals surface area contributed by atoms with Gasteiger partial charge in [-0.1, -0.05) is 24.3 Å². The highest BCUT2D eigenvalue weighted by atomic mass is 16.5. The van der Waals surface area contributed by atoms with Gasteiger partial charge in [-0.05, 0) is 62.6 Å². The molecular weight excluding hydrogens is 440 g/mol. The molecule has 0 radical (unpaired) electrons. The fraction of sp³-hybridized carbons (Fsp3) is 0.214. The number of para-hydroxylation sites is 1. The molecule has 1 amide bonds. The molecule has 0 aliphatic carbocycles. The summed E-state index contributed by atoms with van der Waals surface area (Å²) in [6, 6.07) is 21.4. The summed E-state index contributed by atoms with van der Waals surface area (Å²) in [6.45, 7) is 2.07. The molecule has 0 N–H and O–H groups in total. The van der Waals surface area contributed by atoms with Gasteiger partial charge in [0.05, 0.1) is 6.04 Å². The number of likely N-dealkylation sites (N-methyl/N-ethyl adjacent to an activating group) is 1. The number of amides is 1. The average Bonchev–Trinajstić information content (AvgIpc) is 3.25. The van der Waals surface area contributed by atoms with E-state index in [2.05, 4.69) is 15.6 Å². The summed E-state index contributed by atoms with van der Waals surface area (Å²) in [5, 5.41) is 1.05. The predicted octanol–water partition coefficient (Wildman–Crippen LogP) is 5.12. The van der Waals surface area contributed by atoms with E-state index < -0.39 is 0 Å². The molecule has 2 aromatic carbocycles. The van der Waals surface area contributed by atoms with Crippen LogP contribution in [0.2, 0.25) is 0 Å². The monoisotopic (exact) mass is 468 g/mol. The predicted molar refractivity (Wildman–Crippen MR) is 136 cm³/mol. The van der Waals surface area contributed by atoms with Crippen LogP contribution in [0.3, 0.4) is 0 Å². The Labute approximate surface area is 204 Å². The number of hydrogen-bond donors (Lipinski definition) is 0. The highest BCUT2D eigenvalue weighted by Crippen LogP contribution is 2.34. The van der Waals surface area contributed by atoms with Gasteiger partial charge < -0.3 is 23.8 Å². The molecule has 0 bridgehead atoms. The molecule has 1 aliphatic rings. The maximum atomic E-state index is 12.4. The number of fused-ring (bicyclic) bond motifs is 1. The van der Waals surface area contributed by atoms with Gasteiger partial charge in [0, 0.05) is 43.5 Å². The van der Waals surface area contributed by atoms with Crippen molar-refractivity contribution in [2.45, 2.75) is 6.04 Å². The first-order valence-corrected chi connectivity index (χ1v) is 11.6. The topological polar surface area (TPSA) is 59.8 Å². The third kappa shape index (κ3) is 5.20. The fourth-order valence-electron chi connectivity index (χ4n) is 4.05. The average molecular weight is 469 g/mol. The second-order valence-electron chi connectivity index (χ2n) is 8.83. The summed E-state index contributed by atoms with van der Waals surface area (Å²) in [4.78, 5) is 20.8. The summed E-state index contributed by atoms with van der Waals surface area (Å²) < 4.78 is 14.2. The maximum Gasteiger partial charge on any atom is 0.246 e. The molecule has 35 heavy (non-hydrogen) atoms. The second-order valence-corrected chi connectivity index (χ2v) is 8.83. The van der Waals surface area contributed by atoms with Gasteiger partial charge in [-0.15, -0.1) is 0 Å². The Morgan fingerprint density at radius 2 is 1.66 bits per heavy atom. The van der Waals surface area contributed by atoms with Crippen LogP contribution in [0.25, 0.3) is 10.9 Å². The Morgan fingerprint density at radius 1 is 0.971 bits per heavy atom. The van der Waals surface area contributed by atoms with E-state index in [1.54, 1.807) is 12.3 Å². The quantitative estimate of drug-likeness (QED) is 0.336. The van der Waals surface area contributed by atoms with E-state index in [1.807, 2.05) is 96.8 Å². The number of ether oxygens (including phenoxy) is 2. The Kier molecular flexibility index (Phi) is 6.50. The lowest BCUT2D eigenvalue weighted by Crippen LogP contribution is -2.50. The van der Waals surface area contributed by atoms with E-state index in [9.17, 15) is 4.79 Å². The summed E-state index contributed by atoms with van der Waals surface area (Å²) >= 11 is 0. The molecule has 0 atom stereocenters.